The normalized spacial score (nSPS) is 10.3. The number of hydrogen-bond acceptors (Lipinski definition) is 5. The van der Waals surface area contributed by atoms with E-state index in [1.54, 1.807) is 11.1 Å². The van der Waals surface area contributed by atoms with Crippen LogP contribution < -0.4 is 5.73 Å². The molecule has 0 saturated heterocycles. The van der Waals surface area contributed by atoms with Crippen molar-refractivity contribution in [2.75, 3.05) is 18.8 Å². The van der Waals surface area contributed by atoms with E-state index in [2.05, 4.69) is 15.0 Å². The van der Waals surface area contributed by atoms with Crippen LogP contribution in [-0.4, -0.2) is 38.8 Å². The van der Waals surface area contributed by atoms with Gasteiger partial charge in [0.15, 0.2) is 11.5 Å². The highest BCUT2D eigenvalue weighted by Crippen LogP contribution is 2.09. The lowest BCUT2D eigenvalue weighted by atomic mass is 10.2. The van der Waals surface area contributed by atoms with Gasteiger partial charge in [-0.05, 0) is 18.6 Å². The van der Waals surface area contributed by atoms with Crippen LogP contribution in [0, 0.1) is 0 Å². The molecule has 0 bridgehead atoms. The van der Waals surface area contributed by atoms with E-state index < -0.39 is 0 Å². The van der Waals surface area contributed by atoms with Gasteiger partial charge in [-0.2, -0.15) is 0 Å². The van der Waals surface area contributed by atoms with E-state index in [0.29, 0.717) is 19.5 Å². The molecule has 2 aromatic rings. The van der Waals surface area contributed by atoms with Crippen molar-refractivity contribution in [1.82, 2.24) is 19.9 Å². The molecule has 6 nitrogen and oxygen atoms in total. The Labute approximate surface area is 124 Å². The zero-order chi connectivity index (χ0) is 15.1. The van der Waals surface area contributed by atoms with Crippen LogP contribution in [0.2, 0.25) is 0 Å². The molecule has 6 heteroatoms. The van der Waals surface area contributed by atoms with Crippen molar-refractivity contribution in [1.29, 1.82) is 0 Å². The standard InChI is InChI=1S/C15H19N5O/c1-2-10-20(11-6-12-5-3-4-7-17-12)15(21)13-14(16)19-9-8-18-13/h3-5,7-9H,2,6,10-11H2,1H3,(H2,16,19). The molecular formula is C15H19N5O. The monoisotopic (exact) mass is 285 g/mol. The van der Waals surface area contributed by atoms with Crippen molar-refractivity contribution in [3.8, 4) is 0 Å². The fourth-order valence-electron chi connectivity index (χ4n) is 2.04. The number of nitrogen functional groups attached to an aromatic ring is 1. The number of aromatic nitrogens is 3. The maximum Gasteiger partial charge on any atom is 0.276 e. The molecule has 21 heavy (non-hydrogen) atoms. The highest BCUT2D eigenvalue weighted by Gasteiger charge is 2.19. The molecule has 1 amide bonds. The van der Waals surface area contributed by atoms with Gasteiger partial charge in [0.05, 0.1) is 0 Å². The van der Waals surface area contributed by atoms with Crippen LogP contribution in [-0.2, 0) is 6.42 Å². The first kappa shape index (κ1) is 14.9. The van der Waals surface area contributed by atoms with Gasteiger partial charge in [0.2, 0.25) is 0 Å². The summed E-state index contributed by atoms with van der Waals surface area (Å²) in [6.07, 6.45) is 6.28. The van der Waals surface area contributed by atoms with Gasteiger partial charge in [-0.25, -0.2) is 9.97 Å². The Hall–Kier alpha value is -2.50. The summed E-state index contributed by atoms with van der Waals surface area (Å²) in [6.45, 7) is 3.27. The predicted octanol–water partition coefficient (Wildman–Crippen LogP) is 1.55. The van der Waals surface area contributed by atoms with Crippen LogP contribution in [0.4, 0.5) is 5.82 Å². The van der Waals surface area contributed by atoms with Crippen molar-refractivity contribution < 1.29 is 4.79 Å². The Morgan fingerprint density at radius 2 is 1.95 bits per heavy atom. The molecule has 0 saturated carbocycles. The van der Waals surface area contributed by atoms with E-state index in [-0.39, 0.29) is 17.4 Å². The Balaban J connectivity index is 2.08. The molecule has 0 radical (unpaired) electrons. The van der Waals surface area contributed by atoms with Crippen LogP contribution in [0.3, 0.4) is 0 Å². The fourth-order valence-corrected chi connectivity index (χ4v) is 2.04. The van der Waals surface area contributed by atoms with Gasteiger partial charge in [-0.3, -0.25) is 9.78 Å². The highest BCUT2D eigenvalue weighted by atomic mass is 16.2. The van der Waals surface area contributed by atoms with Crippen LogP contribution in [0.15, 0.2) is 36.8 Å². The summed E-state index contributed by atoms with van der Waals surface area (Å²) in [5.74, 6) is -0.0141. The average Bonchev–Trinajstić information content (AvgIpc) is 2.52. The van der Waals surface area contributed by atoms with Gasteiger partial charge < -0.3 is 10.6 Å². The second-order valence-corrected chi connectivity index (χ2v) is 4.65. The van der Waals surface area contributed by atoms with E-state index in [0.717, 1.165) is 12.1 Å². The number of hydrogen-bond donors (Lipinski definition) is 1. The molecule has 0 fully saturated rings. The minimum absolute atomic E-state index is 0.168. The summed E-state index contributed by atoms with van der Waals surface area (Å²) in [6, 6.07) is 5.76. The summed E-state index contributed by atoms with van der Waals surface area (Å²) in [5.41, 5.74) is 6.90. The lowest BCUT2D eigenvalue weighted by Gasteiger charge is -2.21. The molecule has 0 spiro atoms. The zero-order valence-electron chi connectivity index (χ0n) is 12.1. The van der Waals surface area contributed by atoms with E-state index in [1.807, 2.05) is 25.1 Å². The van der Waals surface area contributed by atoms with E-state index in [4.69, 9.17) is 5.73 Å². The van der Waals surface area contributed by atoms with Gasteiger partial charge in [0, 0.05) is 43.8 Å². The molecule has 2 aromatic heterocycles. The lowest BCUT2D eigenvalue weighted by molar-refractivity contribution is 0.0752. The maximum absolute atomic E-state index is 12.5. The van der Waals surface area contributed by atoms with Gasteiger partial charge >= 0.3 is 0 Å². The molecule has 2 rings (SSSR count). The SMILES string of the molecule is CCCN(CCc1ccccn1)C(=O)c1nccnc1N. The minimum atomic E-state index is -0.182. The van der Waals surface area contributed by atoms with Gasteiger partial charge in [0.1, 0.15) is 0 Å². The van der Waals surface area contributed by atoms with Crippen LogP contribution in [0.1, 0.15) is 29.5 Å². The first-order valence-corrected chi connectivity index (χ1v) is 6.98. The molecule has 0 aliphatic heterocycles. The Bertz CT molecular complexity index is 588. The third-order valence-electron chi connectivity index (χ3n) is 3.07. The third-order valence-corrected chi connectivity index (χ3v) is 3.07. The van der Waals surface area contributed by atoms with E-state index in [1.165, 1.54) is 12.4 Å². The molecule has 2 N–H and O–H groups in total. The first-order valence-electron chi connectivity index (χ1n) is 6.98. The summed E-state index contributed by atoms with van der Waals surface area (Å²) >= 11 is 0. The van der Waals surface area contributed by atoms with Crippen LogP contribution in [0.5, 0.6) is 0 Å². The smallest absolute Gasteiger partial charge is 0.276 e. The fraction of sp³-hybridized carbons (Fsp3) is 0.333. The number of pyridine rings is 1. The number of carbonyl (C=O) groups is 1. The summed E-state index contributed by atoms with van der Waals surface area (Å²) in [5, 5.41) is 0. The predicted molar refractivity (Wildman–Crippen MR) is 80.6 cm³/mol. The summed E-state index contributed by atoms with van der Waals surface area (Å²) in [7, 11) is 0. The average molecular weight is 285 g/mol. The molecule has 2 heterocycles. The second kappa shape index (κ2) is 7.33. The first-order chi connectivity index (χ1) is 10.2. The van der Waals surface area contributed by atoms with Crippen molar-refractivity contribution in [2.45, 2.75) is 19.8 Å². The van der Waals surface area contributed by atoms with Gasteiger partial charge in [-0.1, -0.05) is 13.0 Å². The quantitative estimate of drug-likeness (QED) is 0.870. The van der Waals surface area contributed by atoms with Crippen molar-refractivity contribution in [3.63, 3.8) is 0 Å². The minimum Gasteiger partial charge on any atom is -0.382 e. The number of anilines is 1. The molecule has 0 unspecified atom stereocenters. The molecule has 0 aliphatic carbocycles. The zero-order valence-corrected chi connectivity index (χ0v) is 12.1. The van der Waals surface area contributed by atoms with E-state index >= 15 is 0 Å². The van der Waals surface area contributed by atoms with Crippen LogP contribution in [0.25, 0.3) is 0 Å². The summed E-state index contributed by atoms with van der Waals surface area (Å²) < 4.78 is 0. The Kier molecular flexibility index (Phi) is 5.20. The largest absolute Gasteiger partial charge is 0.382 e. The maximum atomic E-state index is 12.5. The molecule has 0 aliphatic rings. The molecule has 0 aromatic carbocycles. The van der Waals surface area contributed by atoms with Crippen molar-refractivity contribution >= 4 is 11.7 Å². The Morgan fingerprint density at radius 1 is 1.14 bits per heavy atom. The van der Waals surface area contributed by atoms with Crippen molar-refractivity contribution in [3.05, 3.63) is 48.2 Å². The summed E-state index contributed by atoms with van der Waals surface area (Å²) in [4.78, 5) is 26.5. The van der Waals surface area contributed by atoms with E-state index in [9.17, 15) is 4.79 Å². The van der Waals surface area contributed by atoms with Crippen LogP contribution >= 0.6 is 0 Å². The number of nitrogens with two attached hydrogens (primary N) is 1. The van der Waals surface area contributed by atoms with Gasteiger partial charge in [-0.15, -0.1) is 0 Å². The number of carbonyl (C=O) groups excluding carboxylic acids is 1. The molecule has 0 atom stereocenters. The number of rotatable bonds is 6. The lowest BCUT2D eigenvalue weighted by Crippen LogP contribution is -2.35. The second-order valence-electron chi connectivity index (χ2n) is 4.65. The number of amides is 1. The molecule has 110 valence electrons. The topological polar surface area (TPSA) is 85.0 Å². The third kappa shape index (κ3) is 3.98. The Morgan fingerprint density at radius 3 is 2.62 bits per heavy atom. The van der Waals surface area contributed by atoms with Gasteiger partial charge in [0.25, 0.3) is 5.91 Å². The molecular weight excluding hydrogens is 266 g/mol. The van der Waals surface area contributed by atoms with Crippen molar-refractivity contribution in [2.24, 2.45) is 0 Å². The number of nitrogens with zero attached hydrogens (tertiary/aromatic N) is 4. The highest BCUT2D eigenvalue weighted by molar-refractivity contribution is 5.96.